The van der Waals surface area contributed by atoms with E-state index in [0.717, 1.165) is 28.0 Å². The molecule has 0 aromatic carbocycles. The summed E-state index contributed by atoms with van der Waals surface area (Å²) in [5, 5.41) is 23.3. The molecule has 1 aliphatic carbocycles. The molecular formula is C23H22N4O4S2. The molecule has 0 saturated heterocycles. The van der Waals surface area contributed by atoms with E-state index in [1.54, 1.807) is 30.5 Å². The number of nitriles is 1. The van der Waals surface area contributed by atoms with Gasteiger partial charge in [-0.3, -0.25) is 4.79 Å². The maximum Gasteiger partial charge on any atom is 0.407 e. The van der Waals surface area contributed by atoms with Gasteiger partial charge in [-0.15, -0.1) is 11.3 Å². The van der Waals surface area contributed by atoms with Crippen LogP contribution < -0.4 is 10.6 Å². The minimum atomic E-state index is -0.490. The number of amides is 2. The standard InChI is InChI=1S/C23H22N4O4S2/c1-14-17(11-26-31-14)10-25-23(29)30-12-16-2-4-18-19(9-24)22(33-20(18)8-16)27-21(28)5-3-15-6-7-32-13-15/h3,5-7,11,13,16H,2,4,8,10,12H2,1H3,(H,25,29)(H,27,28)/b5-3+. The van der Waals surface area contributed by atoms with Gasteiger partial charge in [0.1, 0.15) is 16.8 Å². The van der Waals surface area contributed by atoms with Gasteiger partial charge in [-0.2, -0.15) is 16.6 Å². The van der Waals surface area contributed by atoms with E-state index in [9.17, 15) is 14.9 Å². The Morgan fingerprint density at radius 1 is 1.45 bits per heavy atom. The summed E-state index contributed by atoms with van der Waals surface area (Å²) in [5.41, 5.74) is 3.29. The minimum Gasteiger partial charge on any atom is -0.449 e. The SMILES string of the molecule is Cc1oncc1CNC(=O)OCC1CCc2c(sc(NC(=O)/C=C/c3ccsc3)c2C#N)C1. The summed E-state index contributed by atoms with van der Waals surface area (Å²) in [6.45, 7) is 2.37. The molecule has 0 bridgehead atoms. The van der Waals surface area contributed by atoms with Gasteiger partial charge < -0.3 is 19.9 Å². The van der Waals surface area contributed by atoms with E-state index < -0.39 is 6.09 Å². The van der Waals surface area contributed by atoms with Crippen LogP contribution in [0.1, 0.15) is 39.3 Å². The number of carbonyl (C=O) groups excluding carboxylic acids is 2. The predicted molar refractivity (Wildman–Crippen MR) is 126 cm³/mol. The van der Waals surface area contributed by atoms with E-state index in [2.05, 4.69) is 21.9 Å². The summed E-state index contributed by atoms with van der Waals surface area (Å²) in [6.07, 6.45) is 6.51. The summed E-state index contributed by atoms with van der Waals surface area (Å²) >= 11 is 2.99. The van der Waals surface area contributed by atoms with Crippen molar-refractivity contribution in [3.8, 4) is 6.07 Å². The van der Waals surface area contributed by atoms with Crippen molar-refractivity contribution in [1.82, 2.24) is 10.5 Å². The van der Waals surface area contributed by atoms with Crippen molar-refractivity contribution in [1.29, 1.82) is 5.26 Å². The Balaban J connectivity index is 1.31. The largest absolute Gasteiger partial charge is 0.449 e. The zero-order valence-electron chi connectivity index (χ0n) is 17.9. The third-order valence-electron chi connectivity index (χ3n) is 5.41. The molecule has 0 aliphatic heterocycles. The number of aryl methyl sites for hydroxylation is 1. The number of aromatic nitrogens is 1. The third-order valence-corrected chi connectivity index (χ3v) is 7.28. The molecule has 0 saturated carbocycles. The summed E-state index contributed by atoms with van der Waals surface area (Å²) in [6, 6.07) is 4.17. The predicted octanol–water partition coefficient (Wildman–Crippen LogP) is 4.66. The molecule has 1 aliphatic rings. The Hall–Kier alpha value is -3.42. The molecule has 2 amide bonds. The van der Waals surface area contributed by atoms with Gasteiger partial charge in [-0.25, -0.2) is 4.79 Å². The Morgan fingerprint density at radius 3 is 3.06 bits per heavy atom. The van der Waals surface area contributed by atoms with Crippen molar-refractivity contribution >= 4 is 45.8 Å². The number of nitrogens with one attached hydrogen (secondary N) is 2. The summed E-state index contributed by atoms with van der Waals surface area (Å²) < 4.78 is 10.4. The normalized spacial score (nSPS) is 15.1. The Kier molecular flexibility index (Phi) is 7.22. The number of alkyl carbamates (subject to hydrolysis) is 1. The lowest BCUT2D eigenvalue weighted by atomic mass is 9.88. The fraction of sp³-hybridized carbons (Fsp3) is 0.304. The molecule has 0 radical (unpaired) electrons. The molecule has 8 nitrogen and oxygen atoms in total. The molecule has 1 atom stereocenters. The molecule has 1 unspecified atom stereocenters. The molecule has 3 aromatic rings. The third kappa shape index (κ3) is 5.69. The second-order valence-electron chi connectivity index (χ2n) is 7.67. The van der Waals surface area contributed by atoms with Crippen molar-refractivity contribution in [3.63, 3.8) is 0 Å². The van der Waals surface area contributed by atoms with E-state index in [1.807, 2.05) is 16.8 Å². The highest BCUT2D eigenvalue weighted by Gasteiger charge is 2.27. The Labute approximate surface area is 198 Å². The fourth-order valence-corrected chi connectivity index (χ4v) is 5.54. The van der Waals surface area contributed by atoms with Gasteiger partial charge in [0, 0.05) is 16.5 Å². The average Bonchev–Trinajstić information content (AvgIpc) is 3.54. The topological polar surface area (TPSA) is 117 Å². The van der Waals surface area contributed by atoms with Gasteiger partial charge in [0.2, 0.25) is 5.91 Å². The molecule has 3 heterocycles. The second-order valence-corrected chi connectivity index (χ2v) is 9.55. The van der Waals surface area contributed by atoms with Crippen LogP contribution in [0.2, 0.25) is 0 Å². The van der Waals surface area contributed by atoms with E-state index in [4.69, 9.17) is 9.26 Å². The van der Waals surface area contributed by atoms with Crippen LogP contribution in [-0.4, -0.2) is 23.8 Å². The number of anilines is 1. The number of ether oxygens (including phenoxy) is 1. The molecule has 0 fully saturated rings. The Morgan fingerprint density at radius 2 is 2.33 bits per heavy atom. The molecule has 170 valence electrons. The first kappa shape index (κ1) is 22.8. The first-order valence-electron chi connectivity index (χ1n) is 10.4. The van der Waals surface area contributed by atoms with Crippen LogP contribution in [0.5, 0.6) is 0 Å². The van der Waals surface area contributed by atoms with E-state index >= 15 is 0 Å². The maximum atomic E-state index is 12.3. The highest BCUT2D eigenvalue weighted by molar-refractivity contribution is 7.16. The lowest BCUT2D eigenvalue weighted by Gasteiger charge is -2.21. The highest BCUT2D eigenvalue weighted by atomic mass is 32.1. The van der Waals surface area contributed by atoms with Crippen molar-refractivity contribution in [3.05, 3.63) is 62.0 Å². The molecule has 33 heavy (non-hydrogen) atoms. The number of nitrogens with zero attached hydrogens (tertiary/aromatic N) is 2. The van der Waals surface area contributed by atoms with Crippen molar-refractivity contribution in [2.24, 2.45) is 5.92 Å². The highest BCUT2D eigenvalue weighted by Crippen LogP contribution is 2.39. The van der Waals surface area contributed by atoms with Crippen molar-refractivity contribution in [2.75, 3.05) is 11.9 Å². The number of hydrogen-bond acceptors (Lipinski definition) is 8. The van der Waals surface area contributed by atoms with Gasteiger partial charge in [-0.1, -0.05) is 5.16 Å². The number of fused-ring (bicyclic) bond motifs is 1. The van der Waals surface area contributed by atoms with Gasteiger partial charge in [-0.05, 0) is 66.1 Å². The van der Waals surface area contributed by atoms with Crippen LogP contribution in [0, 0.1) is 24.2 Å². The van der Waals surface area contributed by atoms with Crippen molar-refractivity contribution in [2.45, 2.75) is 32.7 Å². The van der Waals surface area contributed by atoms with E-state index in [-0.39, 0.29) is 11.8 Å². The van der Waals surface area contributed by atoms with E-state index in [0.29, 0.717) is 42.3 Å². The quantitative estimate of drug-likeness (QED) is 0.473. The minimum absolute atomic E-state index is 0.160. The number of rotatable bonds is 7. The maximum absolute atomic E-state index is 12.3. The number of thiophene rings is 2. The smallest absolute Gasteiger partial charge is 0.407 e. The molecule has 3 aromatic heterocycles. The van der Waals surface area contributed by atoms with Gasteiger partial charge >= 0.3 is 6.09 Å². The zero-order valence-corrected chi connectivity index (χ0v) is 19.6. The van der Waals surface area contributed by atoms with Crippen LogP contribution in [0.4, 0.5) is 9.80 Å². The number of carbonyl (C=O) groups is 2. The van der Waals surface area contributed by atoms with Crippen LogP contribution in [0.25, 0.3) is 6.08 Å². The first-order valence-corrected chi connectivity index (χ1v) is 12.2. The molecule has 2 N–H and O–H groups in total. The van der Waals surface area contributed by atoms with Crippen LogP contribution in [0.3, 0.4) is 0 Å². The molecule has 0 spiro atoms. The van der Waals surface area contributed by atoms with Gasteiger partial charge in [0.05, 0.1) is 24.9 Å². The van der Waals surface area contributed by atoms with Crippen LogP contribution in [0.15, 0.2) is 33.6 Å². The first-order chi connectivity index (χ1) is 16.0. The zero-order chi connectivity index (χ0) is 23.2. The summed E-state index contributed by atoms with van der Waals surface area (Å²) in [5.74, 6) is 0.551. The summed E-state index contributed by atoms with van der Waals surface area (Å²) in [4.78, 5) is 25.4. The van der Waals surface area contributed by atoms with Gasteiger partial charge in [0.25, 0.3) is 0 Å². The monoisotopic (exact) mass is 482 g/mol. The molecule has 10 heteroatoms. The van der Waals surface area contributed by atoms with Crippen LogP contribution >= 0.6 is 22.7 Å². The fourth-order valence-electron chi connectivity index (χ4n) is 3.60. The number of hydrogen-bond donors (Lipinski definition) is 2. The summed E-state index contributed by atoms with van der Waals surface area (Å²) in [7, 11) is 0. The average molecular weight is 483 g/mol. The second kappa shape index (κ2) is 10.5. The van der Waals surface area contributed by atoms with Crippen LogP contribution in [-0.2, 0) is 28.9 Å². The van der Waals surface area contributed by atoms with Gasteiger partial charge in [0.15, 0.2) is 0 Å². The Bertz CT molecular complexity index is 1200. The lowest BCUT2D eigenvalue weighted by molar-refractivity contribution is -0.111. The lowest BCUT2D eigenvalue weighted by Crippen LogP contribution is -2.27. The van der Waals surface area contributed by atoms with Crippen molar-refractivity contribution < 1.29 is 18.8 Å². The molecule has 4 rings (SSSR count). The van der Waals surface area contributed by atoms with E-state index in [1.165, 1.54) is 17.4 Å². The molecular weight excluding hydrogens is 460 g/mol.